The number of ether oxygens (including phenoxy) is 2. The van der Waals surface area contributed by atoms with Gasteiger partial charge in [0, 0.05) is 6.42 Å². The van der Waals surface area contributed by atoms with Crippen molar-refractivity contribution in [1.82, 2.24) is 0 Å². The van der Waals surface area contributed by atoms with Gasteiger partial charge in [0.1, 0.15) is 5.75 Å². The Kier molecular flexibility index (Phi) is 3.87. The first-order valence-electron chi connectivity index (χ1n) is 5.72. The first-order valence-corrected chi connectivity index (χ1v) is 6.51. The van der Waals surface area contributed by atoms with Crippen LogP contribution in [0.5, 0.6) is 5.75 Å². The van der Waals surface area contributed by atoms with Crippen LogP contribution in [0, 0.1) is 13.8 Å². The first-order chi connectivity index (χ1) is 7.66. The molecule has 1 atom stereocenters. The SMILES string of the molecule is Cc1cc(C)c(Br)c(O[C@H]2CCCCO2)c1. The molecule has 16 heavy (non-hydrogen) atoms. The summed E-state index contributed by atoms with van der Waals surface area (Å²) in [5.41, 5.74) is 2.41. The van der Waals surface area contributed by atoms with Crippen molar-refractivity contribution in [1.29, 1.82) is 0 Å². The van der Waals surface area contributed by atoms with Crippen molar-refractivity contribution in [3.8, 4) is 5.75 Å². The fraction of sp³-hybridized carbons (Fsp3) is 0.538. The van der Waals surface area contributed by atoms with Gasteiger partial charge in [0.05, 0.1) is 11.1 Å². The minimum Gasteiger partial charge on any atom is -0.464 e. The van der Waals surface area contributed by atoms with E-state index < -0.39 is 0 Å². The second-order valence-corrected chi connectivity index (χ2v) is 5.10. The lowest BCUT2D eigenvalue weighted by molar-refractivity contribution is -0.106. The van der Waals surface area contributed by atoms with Crippen molar-refractivity contribution in [2.75, 3.05) is 6.61 Å². The van der Waals surface area contributed by atoms with Crippen LogP contribution >= 0.6 is 15.9 Å². The molecule has 0 unspecified atom stereocenters. The van der Waals surface area contributed by atoms with E-state index in [2.05, 4.69) is 41.9 Å². The van der Waals surface area contributed by atoms with Gasteiger partial charge in [-0.2, -0.15) is 0 Å². The van der Waals surface area contributed by atoms with Crippen LogP contribution < -0.4 is 4.74 Å². The zero-order valence-electron chi connectivity index (χ0n) is 9.75. The molecule has 0 aromatic heterocycles. The van der Waals surface area contributed by atoms with Crippen LogP contribution in [0.15, 0.2) is 16.6 Å². The maximum absolute atomic E-state index is 5.88. The molecule has 0 radical (unpaired) electrons. The van der Waals surface area contributed by atoms with E-state index >= 15 is 0 Å². The number of benzene rings is 1. The Hall–Kier alpha value is -0.540. The van der Waals surface area contributed by atoms with Crippen LogP contribution in [-0.2, 0) is 4.74 Å². The molecule has 1 heterocycles. The molecule has 0 bridgehead atoms. The van der Waals surface area contributed by atoms with Crippen molar-refractivity contribution in [3.05, 3.63) is 27.7 Å². The fourth-order valence-corrected chi connectivity index (χ4v) is 2.26. The van der Waals surface area contributed by atoms with E-state index in [0.717, 1.165) is 29.7 Å². The van der Waals surface area contributed by atoms with E-state index in [9.17, 15) is 0 Å². The molecule has 2 rings (SSSR count). The summed E-state index contributed by atoms with van der Waals surface area (Å²) in [6.07, 6.45) is 3.24. The normalized spacial score (nSPS) is 20.8. The summed E-state index contributed by atoms with van der Waals surface area (Å²) < 4.78 is 12.5. The van der Waals surface area contributed by atoms with Gasteiger partial charge in [0.15, 0.2) is 6.29 Å². The highest BCUT2D eigenvalue weighted by atomic mass is 79.9. The van der Waals surface area contributed by atoms with Crippen LogP contribution in [0.25, 0.3) is 0 Å². The Morgan fingerprint density at radius 2 is 2.12 bits per heavy atom. The van der Waals surface area contributed by atoms with Gasteiger partial charge in [-0.05, 0) is 59.8 Å². The summed E-state index contributed by atoms with van der Waals surface area (Å²) in [7, 11) is 0. The van der Waals surface area contributed by atoms with Gasteiger partial charge in [0.25, 0.3) is 0 Å². The molecule has 0 amide bonds. The summed E-state index contributed by atoms with van der Waals surface area (Å²) in [6.45, 7) is 4.97. The zero-order chi connectivity index (χ0) is 11.5. The van der Waals surface area contributed by atoms with E-state index in [-0.39, 0.29) is 6.29 Å². The molecule has 1 aliphatic rings. The molecule has 88 valence electrons. The Morgan fingerprint density at radius 1 is 1.31 bits per heavy atom. The minimum atomic E-state index is -0.0775. The standard InChI is InChI=1S/C13H17BrO2/c1-9-7-10(2)13(14)11(8-9)16-12-5-3-4-6-15-12/h7-8,12H,3-6H2,1-2H3/t12-/m0/s1. The molecule has 0 N–H and O–H groups in total. The maximum Gasteiger partial charge on any atom is 0.199 e. The second-order valence-electron chi connectivity index (χ2n) is 4.31. The molecule has 1 fully saturated rings. The molecular formula is C13H17BrO2. The smallest absolute Gasteiger partial charge is 0.199 e. The van der Waals surface area contributed by atoms with Crippen LogP contribution in [-0.4, -0.2) is 12.9 Å². The summed E-state index contributed by atoms with van der Waals surface area (Å²) >= 11 is 3.56. The lowest BCUT2D eigenvalue weighted by atomic mass is 10.1. The third-order valence-corrected chi connectivity index (χ3v) is 3.78. The van der Waals surface area contributed by atoms with Gasteiger partial charge in [-0.1, -0.05) is 6.07 Å². The topological polar surface area (TPSA) is 18.5 Å². The monoisotopic (exact) mass is 284 g/mol. The molecule has 1 aliphatic heterocycles. The van der Waals surface area contributed by atoms with E-state index in [4.69, 9.17) is 9.47 Å². The highest BCUT2D eigenvalue weighted by Crippen LogP contribution is 2.31. The number of hydrogen-bond donors (Lipinski definition) is 0. The average Bonchev–Trinajstić information content (AvgIpc) is 2.27. The van der Waals surface area contributed by atoms with Crippen molar-refractivity contribution < 1.29 is 9.47 Å². The number of hydrogen-bond acceptors (Lipinski definition) is 2. The van der Waals surface area contributed by atoms with Crippen LogP contribution in [0.4, 0.5) is 0 Å². The van der Waals surface area contributed by atoms with Gasteiger partial charge in [-0.25, -0.2) is 0 Å². The molecule has 0 aliphatic carbocycles. The molecular weight excluding hydrogens is 268 g/mol. The molecule has 0 saturated carbocycles. The van der Waals surface area contributed by atoms with Gasteiger partial charge in [-0.15, -0.1) is 0 Å². The van der Waals surface area contributed by atoms with E-state index in [0.29, 0.717) is 0 Å². The van der Waals surface area contributed by atoms with Gasteiger partial charge in [0.2, 0.25) is 0 Å². The van der Waals surface area contributed by atoms with Crippen LogP contribution in [0.3, 0.4) is 0 Å². The summed E-state index contributed by atoms with van der Waals surface area (Å²) in [5.74, 6) is 0.893. The van der Waals surface area contributed by atoms with Crippen molar-refractivity contribution in [2.24, 2.45) is 0 Å². The maximum atomic E-state index is 5.88. The predicted molar refractivity (Wildman–Crippen MR) is 67.8 cm³/mol. The van der Waals surface area contributed by atoms with E-state index in [1.54, 1.807) is 0 Å². The lowest BCUT2D eigenvalue weighted by Crippen LogP contribution is -2.25. The van der Waals surface area contributed by atoms with Gasteiger partial charge in [-0.3, -0.25) is 0 Å². The molecule has 2 nitrogen and oxygen atoms in total. The minimum absolute atomic E-state index is 0.0775. The van der Waals surface area contributed by atoms with E-state index in [1.165, 1.54) is 17.5 Å². The van der Waals surface area contributed by atoms with Crippen molar-refractivity contribution in [2.45, 2.75) is 39.4 Å². The first kappa shape index (κ1) is 11.9. The molecule has 3 heteroatoms. The highest BCUT2D eigenvalue weighted by molar-refractivity contribution is 9.10. The summed E-state index contributed by atoms with van der Waals surface area (Å²) in [5, 5.41) is 0. The van der Waals surface area contributed by atoms with Gasteiger partial charge < -0.3 is 9.47 Å². The predicted octanol–water partition coefficient (Wildman–Crippen LogP) is 3.97. The Labute approximate surface area is 105 Å². The second kappa shape index (κ2) is 5.19. The molecule has 1 saturated heterocycles. The Balaban J connectivity index is 2.13. The van der Waals surface area contributed by atoms with Gasteiger partial charge >= 0.3 is 0 Å². The third-order valence-electron chi connectivity index (χ3n) is 2.76. The summed E-state index contributed by atoms with van der Waals surface area (Å²) in [4.78, 5) is 0. The van der Waals surface area contributed by atoms with E-state index in [1.807, 2.05) is 0 Å². The molecule has 1 aromatic rings. The average molecular weight is 285 g/mol. The Bertz CT molecular complexity index is 370. The zero-order valence-corrected chi connectivity index (χ0v) is 11.3. The highest BCUT2D eigenvalue weighted by Gasteiger charge is 2.17. The third kappa shape index (κ3) is 2.77. The van der Waals surface area contributed by atoms with Crippen LogP contribution in [0.2, 0.25) is 0 Å². The fourth-order valence-electron chi connectivity index (χ4n) is 1.94. The quantitative estimate of drug-likeness (QED) is 0.818. The number of rotatable bonds is 2. The van der Waals surface area contributed by atoms with Crippen molar-refractivity contribution in [3.63, 3.8) is 0 Å². The number of aryl methyl sites for hydroxylation is 2. The molecule has 1 aromatic carbocycles. The molecule has 0 spiro atoms. The largest absolute Gasteiger partial charge is 0.464 e. The summed E-state index contributed by atoms with van der Waals surface area (Å²) in [6, 6.07) is 4.19. The lowest BCUT2D eigenvalue weighted by Gasteiger charge is -2.24. The Morgan fingerprint density at radius 3 is 2.81 bits per heavy atom. The number of halogens is 1. The van der Waals surface area contributed by atoms with Crippen molar-refractivity contribution >= 4 is 15.9 Å². The van der Waals surface area contributed by atoms with Crippen LogP contribution in [0.1, 0.15) is 30.4 Å².